The van der Waals surface area contributed by atoms with Crippen LogP contribution in [-0.4, -0.2) is 69.0 Å². The van der Waals surface area contributed by atoms with Crippen molar-refractivity contribution >= 4 is 40.6 Å². The number of aliphatic hydroxyl groups is 1. The molecule has 176 valence electrons. The molecule has 9 nitrogen and oxygen atoms in total. The van der Waals surface area contributed by atoms with E-state index < -0.39 is 6.35 Å². The molecule has 34 heavy (non-hydrogen) atoms. The number of nitrogens with zero attached hydrogens (tertiary/aromatic N) is 6. The third kappa shape index (κ3) is 3.79. The highest BCUT2D eigenvalue weighted by Crippen LogP contribution is 2.45. The van der Waals surface area contributed by atoms with Gasteiger partial charge in [-0.2, -0.15) is 0 Å². The summed E-state index contributed by atoms with van der Waals surface area (Å²) >= 11 is 6.22. The minimum atomic E-state index is -0.799. The van der Waals surface area contributed by atoms with Crippen LogP contribution in [0.15, 0.2) is 42.9 Å². The minimum absolute atomic E-state index is 0.0613. The highest BCUT2D eigenvalue weighted by Gasteiger charge is 2.43. The molecule has 1 atom stereocenters. The average molecular weight is 481 g/mol. The van der Waals surface area contributed by atoms with E-state index in [2.05, 4.69) is 9.88 Å². The highest BCUT2D eigenvalue weighted by molar-refractivity contribution is 6.30. The fourth-order valence-electron chi connectivity index (χ4n) is 4.70. The molecular weight excluding hydrogens is 456 g/mol. The Bertz CT molecular complexity index is 1270. The first-order valence-electron chi connectivity index (χ1n) is 11.5. The van der Waals surface area contributed by atoms with E-state index >= 15 is 0 Å². The molecule has 10 heteroatoms. The molecule has 1 saturated heterocycles. The van der Waals surface area contributed by atoms with Gasteiger partial charge in [0.15, 0.2) is 0 Å². The maximum absolute atomic E-state index is 12.7. The van der Waals surface area contributed by atoms with Crippen LogP contribution in [0.25, 0.3) is 11.7 Å². The summed E-state index contributed by atoms with van der Waals surface area (Å²) in [7, 11) is 0. The summed E-state index contributed by atoms with van der Waals surface area (Å²) in [5, 5.41) is 11.8. The molecule has 6 rings (SSSR count). The van der Waals surface area contributed by atoms with Gasteiger partial charge in [-0.3, -0.25) is 14.2 Å². The van der Waals surface area contributed by atoms with Gasteiger partial charge < -0.3 is 24.5 Å². The van der Waals surface area contributed by atoms with Gasteiger partial charge in [-0.05, 0) is 31.1 Å². The van der Waals surface area contributed by atoms with E-state index in [0.717, 1.165) is 35.6 Å². The predicted octanol–water partition coefficient (Wildman–Crippen LogP) is 2.52. The van der Waals surface area contributed by atoms with Gasteiger partial charge in [0, 0.05) is 48.7 Å². The predicted molar refractivity (Wildman–Crippen MR) is 129 cm³/mol. The van der Waals surface area contributed by atoms with Crippen LogP contribution in [-0.2, 0) is 16.1 Å². The van der Waals surface area contributed by atoms with Crippen LogP contribution in [0, 0.1) is 0 Å². The molecule has 5 heterocycles. The topological polar surface area (TPSA) is 86.4 Å². The number of fused-ring (bicyclic) bond motifs is 2. The van der Waals surface area contributed by atoms with Crippen molar-refractivity contribution in [3.8, 4) is 0 Å². The van der Waals surface area contributed by atoms with Gasteiger partial charge in [-0.15, -0.1) is 0 Å². The number of hydrogen-bond donors (Lipinski definition) is 1. The van der Waals surface area contributed by atoms with Crippen molar-refractivity contribution < 1.29 is 14.6 Å². The lowest BCUT2D eigenvalue weighted by Gasteiger charge is -2.28. The monoisotopic (exact) mass is 480 g/mol. The lowest BCUT2D eigenvalue weighted by atomic mass is 10.2. The van der Waals surface area contributed by atoms with Crippen LogP contribution in [0.3, 0.4) is 0 Å². The van der Waals surface area contributed by atoms with Crippen molar-refractivity contribution in [2.45, 2.75) is 31.8 Å². The number of morpholine rings is 1. The first kappa shape index (κ1) is 21.4. The minimum Gasteiger partial charge on any atom is -0.378 e. The quantitative estimate of drug-likeness (QED) is 0.561. The molecule has 3 aliphatic rings. The number of halogens is 1. The van der Waals surface area contributed by atoms with Gasteiger partial charge in [0.1, 0.15) is 5.65 Å². The summed E-state index contributed by atoms with van der Waals surface area (Å²) in [6.45, 7) is 2.63. The first-order chi connectivity index (χ1) is 16.6. The number of imidazole rings is 1. The molecule has 2 aliphatic heterocycles. The third-order valence-electron chi connectivity index (χ3n) is 6.56. The summed E-state index contributed by atoms with van der Waals surface area (Å²) in [6, 6.07) is 5.87. The second-order valence-electron chi connectivity index (χ2n) is 8.77. The Morgan fingerprint density at radius 1 is 1.24 bits per heavy atom. The van der Waals surface area contributed by atoms with Crippen molar-refractivity contribution in [3.63, 3.8) is 0 Å². The third-order valence-corrected chi connectivity index (χ3v) is 6.80. The van der Waals surface area contributed by atoms with Crippen LogP contribution >= 0.6 is 11.6 Å². The van der Waals surface area contributed by atoms with Gasteiger partial charge in [-0.25, -0.2) is 4.98 Å². The molecule has 3 aromatic heterocycles. The molecule has 1 saturated carbocycles. The Kier molecular flexibility index (Phi) is 5.40. The number of rotatable bonds is 5. The molecule has 0 bridgehead atoms. The lowest BCUT2D eigenvalue weighted by Crippen LogP contribution is -2.44. The second-order valence-corrected chi connectivity index (χ2v) is 9.20. The lowest BCUT2D eigenvalue weighted by molar-refractivity contribution is -0.129. The van der Waals surface area contributed by atoms with Crippen LogP contribution in [0.4, 0.5) is 11.4 Å². The van der Waals surface area contributed by atoms with E-state index in [1.165, 1.54) is 0 Å². The maximum Gasteiger partial charge on any atom is 0.246 e. The molecule has 0 radical (unpaired) electrons. The number of aliphatic hydroxyl groups excluding tert-OH is 1. The Morgan fingerprint density at radius 3 is 2.85 bits per heavy atom. The van der Waals surface area contributed by atoms with Crippen LogP contribution in [0.1, 0.15) is 24.2 Å². The van der Waals surface area contributed by atoms with Crippen molar-refractivity contribution in [3.05, 3.63) is 59.3 Å². The number of anilines is 2. The summed E-state index contributed by atoms with van der Waals surface area (Å²) < 4.78 is 7.26. The van der Waals surface area contributed by atoms with Gasteiger partial charge in [0.2, 0.25) is 12.3 Å². The molecule has 2 fully saturated rings. The Hall–Kier alpha value is -3.14. The fraction of sp³-hybridized carbons (Fsp3) is 0.375. The molecule has 0 spiro atoms. The average Bonchev–Trinajstić information content (AvgIpc) is 3.58. The molecule has 0 aromatic carbocycles. The zero-order valence-corrected chi connectivity index (χ0v) is 19.3. The summed E-state index contributed by atoms with van der Waals surface area (Å²) in [5.74, 6) is -0.0613. The van der Waals surface area contributed by atoms with Crippen molar-refractivity contribution in [1.82, 2.24) is 19.3 Å². The maximum atomic E-state index is 12.7. The molecule has 1 aliphatic carbocycles. The standard InChI is InChI=1S/C24H25ClN6O3/c25-16-6-8-29-19(3-4-23(32)28-9-11-34-12-10-28)18(27-22(29)13-16)15-30-21-14-26-7-5-20(21)31(24(30)33)17-1-2-17/h3-8,13-14,17,24,33H,1-2,9-12,15H2/b4-3+. The zero-order chi connectivity index (χ0) is 23.2. The van der Waals surface area contributed by atoms with Crippen molar-refractivity contribution in [1.29, 1.82) is 0 Å². The van der Waals surface area contributed by atoms with Gasteiger partial charge in [0.25, 0.3) is 0 Å². The number of amides is 1. The van der Waals surface area contributed by atoms with E-state index in [4.69, 9.17) is 21.3 Å². The van der Waals surface area contributed by atoms with E-state index in [-0.39, 0.29) is 5.91 Å². The number of pyridine rings is 2. The van der Waals surface area contributed by atoms with Crippen LogP contribution < -0.4 is 9.80 Å². The highest BCUT2D eigenvalue weighted by atomic mass is 35.5. The first-order valence-corrected chi connectivity index (χ1v) is 11.9. The molecule has 3 aromatic rings. The Morgan fingerprint density at radius 2 is 2.06 bits per heavy atom. The van der Waals surface area contributed by atoms with Crippen LogP contribution in [0.5, 0.6) is 0 Å². The van der Waals surface area contributed by atoms with E-state index in [1.807, 2.05) is 21.6 Å². The van der Waals surface area contributed by atoms with Gasteiger partial charge >= 0.3 is 0 Å². The van der Waals surface area contributed by atoms with Crippen LogP contribution in [0.2, 0.25) is 5.02 Å². The zero-order valence-electron chi connectivity index (χ0n) is 18.5. The molecule has 1 unspecified atom stereocenters. The van der Waals surface area contributed by atoms with E-state index in [1.54, 1.807) is 41.6 Å². The molecule has 1 N–H and O–H groups in total. The second kappa shape index (κ2) is 8.57. The number of carbonyl (C=O) groups is 1. The normalized spacial score (nSPS) is 20.5. The van der Waals surface area contributed by atoms with E-state index in [9.17, 15) is 9.90 Å². The number of hydrogen-bond acceptors (Lipinski definition) is 7. The van der Waals surface area contributed by atoms with E-state index in [0.29, 0.717) is 49.6 Å². The SMILES string of the molecule is O=C(/C=C/c1c(CN2c3cnccc3N(C3CC3)C2O)nc2cc(Cl)ccn12)N1CCOCC1. The summed E-state index contributed by atoms with van der Waals surface area (Å²) in [5.41, 5.74) is 4.04. The molecular formula is C24H25ClN6O3. The summed E-state index contributed by atoms with van der Waals surface area (Å²) in [4.78, 5) is 27.6. The molecule has 1 amide bonds. The Labute approximate surface area is 201 Å². The number of aromatic nitrogens is 3. The van der Waals surface area contributed by atoms with Crippen molar-refractivity contribution in [2.75, 3.05) is 36.1 Å². The largest absolute Gasteiger partial charge is 0.378 e. The fourth-order valence-corrected chi connectivity index (χ4v) is 4.86. The van der Waals surface area contributed by atoms with Gasteiger partial charge in [-0.1, -0.05) is 11.6 Å². The summed E-state index contributed by atoms with van der Waals surface area (Å²) in [6.07, 6.45) is 10.1. The number of carbonyl (C=O) groups excluding carboxylic acids is 1. The Balaban J connectivity index is 1.35. The van der Waals surface area contributed by atoms with Crippen molar-refractivity contribution in [2.24, 2.45) is 0 Å². The van der Waals surface area contributed by atoms with Gasteiger partial charge in [0.05, 0.1) is 48.7 Å². The number of ether oxygens (including phenoxy) is 1. The smallest absolute Gasteiger partial charge is 0.246 e.